The summed E-state index contributed by atoms with van der Waals surface area (Å²) in [6, 6.07) is 16.6. The highest BCUT2D eigenvalue weighted by Gasteiger charge is 2.33. The number of para-hydroxylation sites is 1. The molecule has 2 aromatic carbocycles. The number of furan rings is 1. The molecule has 3 heterocycles. The lowest BCUT2D eigenvalue weighted by atomic mass is 9.96. The average molecular weight is 562 g/mol. The Kier molecular flexibility index (Phi) is 7.36. The molecule has 1 aliphatic rings. The van der Waals surface area contributed by atoms with Crippen LogP contribution in [0.25, 0.3) is 17.4 Å². The van der Waals surface area contributed by atoms with Gasteiger partial charge in [0.2, 0.25) is 0 Å². The van der Waals surface area contributed by atoms with E-state index in [9.17, 15) is 19.7 Å². The first-order valence-electron chi connectivity index (χ1n) is 12.0. The second-order valence-corrected chi connectivity index (χ2v) is 10.4. The summed E-state index contributed by atoms with van der Waals surface area (Å²) < 4.78 is 13.1. The maximum absolute atomic E-state index is 13.8. The number of allylic oxidation sites excluding steroid dienone is 1. The third-order valence-electron chi connectivity index (χ3n) is 6.21. The minimum atomic E-state index is -0.711. The second kappa shape index (κ2) is 10.9. The van der Waals surface area contributed by atoms with Crippen LogP contribution in [0.15, 0.2) is 91.0 Å². The molecule has 0 amide bonds. The molecule has 0 N–H and O–H groups in total. The zero-order valence-corrected chi connectivity index (χ0v) is 22.9. The predicted octanol–water partition coefficient (Wildman–Crippen LogP) is 4.69. The second-order valence-electron chi connectivity index (χ2n) is 8.55. The number of carbonyl (C=O) groups excluding carboxylic acids is 1. The molecule has 5 rings (SSSR count). The van der Waals surface area contributed by atoms with Crippen LogP contribution < -0.4 is 14.9 Å². The van der Waals surface area contributed by atoms with Crippen molar-refractivity contribution in [1.29, 1.82) is 0 Å². The summed E-state index contributed by atoms with van der Waals surface area (Å²) in [4.78, 5) is 43.8. The number of nitro groups is 1. The molecule has 39 heavy (non-hydrogen) atoms. The average Bonchev–Trinajstić information content (AvgIpc) is 3.52. The van der Waals surface area contributed by atoms with Gasteiger partial charge < -0.3 is 9.15 Å². The number of carbonyl (C=O) groups is 1. The van der Waals surface area contributed by atoms with Crippen molar-refractivity contribution in [2.24, 2.45) is 4.99 Å². The van der Waals surface area contributed by atoms with E-state index in [1.54, 1.807) is 62.0 Å². The number of benzene rings is 2. The summed E-state index contributed by atoms with van der Waals surface area (Å²) in [7, 11) is 0. The topological polar surface area (TPSA) is 117 Å². The SMILES string of the molecule is CCOC(=O)C1=C(C)N=c2sc(=Cc3ccc(-c4ccccc4[N+](=O)[O-])o3)c(=O)n2C1c1ccc(SC)cc1. The van der Waals surface area contributed by atoms with Crippen LogP contribution in [-0.4, -0.2) is 28.3 Å². The Balaban J connectivity index is 1.63. The standard InChI is InChI=1S/C28H23N3O6S2/c1-4-36-27(33)24-16(2)29-28-30(25(24)17-9-12-19(38-3)13-10-17)26(32)23(39-28)15-18-11-14-22(37-18)20-7-5-6-8-21(20)31(34)35/h5-15,25H,4H2,1-3H3. The van der Waals surface area contributed by atoms with Crippen molar-refractivity contribution in [3.8, 4) is 11.3 Å². The van der Waals surface area contributed by atoms with E-state index >= 15 is 0 Å². The van der Waals surface area contributed by atoms with Gasteiger partial charge in [0.05, 0.1) is 38.9 Å². The normalized spacial score (nSPS) is 15.2. The van der Waals surface area contributed by atoms with Crippen molar-refractivity contribution in [3.05, 3.63) is 113 Å². The summed E-state index contributed by atoms with van der Waals surface area (Å²) in [6.45, 7) is 3.66. The number of hydrogen-bond donors (Lipinski definition) is 0. The van der Waals surface area contributed by atoms with E-state index in [2.05, 4.69) is 4.99 Å². The predicted molar refractivity (Wildman–Crippen MR) is 149 cm³/mol. The Morgan fingerprint density at radius 2 is 1.95 bits per heavy atom. The molecule has 1 unspecified atom stereocenters. The molecule has 0 bridgehead atoms. The van der Waals surface area contributed by atoms with Gasteiger partial charge in [-0.05, 0) is 56.0 Å². The summed E-state index contributed by atoms with van der Waals surface area (Å²) >= 11 is 2.77. The van der Waals surface area contributed by atoms with Crippen molar-refractivity contribution in [2.75, 3.05) is 12.9 Å². The number of rotatable bonds is 7. The molecule has 11 heteroatoms. The molecule has 0 radical (unpaired) electrons. The Hall–Kier alpha value is -4.22. The van der Waals surface area contributed by atoms with Crippen LogP contribution in [0.4, 0.5) is 5.69 Å². The Bertz CT molecular complexity index is 1800. The molecule has 9 nitrogen and oxygen atoms in total. The van der Waals surface area contributed by atoms with Crippen LogP contribution >= 0.6 is 23.1 Å². The van der Waals surface area contributed by atoms with Crippen molar-refractivity contribution in [1.82, 2.24) is 4.57 Å². The van der Waals surface area contributed by atoms with Crippen molar-refractivity contribution >= 4 is 40.8 Å². The van der Waals surface area contributed by atoms with Gasteiger partial charge in [0.1, 0.15) is 11.5 Å². The molecule has 0 aliphatic carbocycles. The smallest absolute Gasteiger partial charge is 0.338 e. The van der Waals surface area contributed by atoms with Gasteiger partial charge in [-0.15, -0.1) is 11.8 Å². The monoisotopic (exact) mass is 561 g/mol. The first kappa shape index (κ1) is 26.4. The van der Waals surface area contributed by atoms with E-state index in [-0.39, 0.29) is 17.9 Å². The number of hydrogen-bond acceptors (Lipinski definition) is 9. The van der Waals surface area contributed by atoms with E-state index in [4.69, 9.17) is 9.15 Å². The van der Waals surface area contributed by atoms with Crippen LogP contribution in [0.2, 0.25) is 0 Å². The molecule has 0 fully saturated rings. The molecule has 1 aliphatic heterocycles. The lowest BCUT2D eigenvalue weighted by molar-refractivity contribution is -0.384. The highest BCUT2D eigenvalue weighted by Crippen LogP contribution is 2.33. The van der Waals surface area contributed by atoms with Gasteiger partial charge in [-0.2, -0.15) is 0 Å². The number of nitrogens with zero attached hydrogens (tertiary/aromatic N) is 3. The van der Waals surface area contributed by atoms with Gasteiger partial charge in [0, 0.05) is 17.0 Å². The number of thiazole rings is 1. The molecule has 0 saturated carbocycles. The fourth-order valence-electron chi connectivity index (χ4n) is 4.44. The highest BCUT2D eigenvalue weighted by molar-refractivity contribution is 7.98. The van der Waals surface area contributed by atoms with E-state index in [0.29, 0.717) is 37.7 Å². The number of thioether (sulfide) groups is 1. The van der Waals surface area contributed by atoms with Crippen LogP contribution in [0.3, 0.4) is 0 Å². The fraction of sp³-hybridized carbons (Fsp3) is 0.179. The van der Waals surface area contributed by atoms with Crippen LogP contribution in [0.1, 0.15) is 31.2 Å². The summed E-state index contributed by atoms with van der Waals surface area (Å²) in [5, 5.41) is 11.4. The van der Waals surface area contributed by atoms with Gasteiger partial charge in [-0.25, -0.2) is 9.79 Å². The third kappa shape index (κ3) is 4.98. The van der Waals surface area contributed by atoms with Gasteiger partial charge in [-0.1, -0.05) is 35.6 Å². The molecular weight excluding hydrogens is 538 g/mol. The van der Waals surface area contributed by atoms with Crippen molar-refractivity contribution in [3.63, 3.8) is 0 Å². The van der Waals surface area contributed by atoms with E-state index in [1.807, 2.05) is 30.5 Å². The molecule has 1 atom stereocenters. The van der Waals surface area contributed by atoms with E-state index < -0.39 is 16.9 Å². The molecule has 2 aromatic heterocycles. The number of esters is 1. The first-order chi connectivity index (χ1) is 18.8. The van der Waals surface area contributed by atoms with Crippen molar-refractivity contribution < 1.29 is 18.9 Å². The van der Waals surface area contributed by atoms with Crippen LogP contribution in [-0.2, 0) is 9.53 Å². The van der Waals surface area contributed by atoms with Gasteiger partial charge in [0.15, 0.2) is 4.80 Å². The lowest BCUT2D eigenvalue weighted by Crippen LogP contribution is -2.39. The zero-order chi connectivity index (χ0) is 27.7. The molecular formula is C28H23N3O6S2. The summed E-state index contributed by atoms with van der Waals surface area (Å²) in [6.07, 6.45) is 3.56. The maximum Gasteiger partial charge on any atom is 0.338 e. The lowest BCUT2D eigenvalue weighted by Gasteiger charge is -2.24. The molecule has 4 aromatic rings. The minimum Gasteiger partial charge on any atom is -0.463 e. The molecule has 0 spiro atoms. The molecule has 0 saturated heterocycles. The fourth-order valence-corrected chi connectivity index (χ4v) is 5.87. The Morgan fingerprint density at radius 3 is 2.64 bits per heavy atom. The largest absolute Gasteiger partial charge is 0.463 e. The first-order valence-corrected chi connectivity index (χ1v) is 14.0. The van der Waals surface area contributed by atoms with E-state index in [1.165, 1.54) is 22.0 Å². The minimum absolute atomic E-state index is 0.0766. The maximum atomic E-state index is 13.8. The van der Waals surface area contributed by atoms with Crippen molar-refractivity contribution in [2.45, 2.75) is 24.8 Å². The van der Waals surface area contributed by atoms with Crippen LogP contribution in [0.5, 0.6) is 0 Å². The Labute approximate surface area is 230 Å². The third-order valence-corrected chi connectivity index (χ3v) is 7.94. The number of ether oxygens (including phenoxy) is 1. The summed E-state index contributed by atoms with van der Waals surface area (Å²) in [5.74, 6) is 0.149. The number of aromatic nitrogens is 1. The quantitative estimate of drug-likeness (QED) is 0.139. The highest BCUT2D eigenvalue weighted by atomic mass is 32.2. The molecule has 198 valence electrons. The van der Waals surface area contributed by atoms with Gasteiger partial charge in [-0.3, -0.25) is 19.5 Å². The number of fused-ring (bicyclic) bond motifs is 1. The number of nitro benzene ring substituents is 1. The van der Waals surface area contributed by atoms with Crippen LogP contribution in [0, 0.1) is 10.1 Å². The zero-order valence-electron chi connectivity index (χ0n) is 21.2. The van der Waals surface area contributed by atoms with E-state index in [0.717, 1.165) is 10.5 Å². The Morgan fingerprint density at radius 1 is 1.21 bits per heavy atom. The van der Waals surface area contributed by atoms with Gasteiger partial charge >= 0.3 is 5.97 Å². The summed E-state index contributed by atoms with van der Waals surface area (Å²) in [5.41, 5.74) is 1.48. The van der Waals surface area contributed by atoms with Gasteiger partial charge in [0.25, 0.3) is 11.2 Å².